The Balaban J connectivity index is 1.10. The minimum atomic E-state index is -0.597. The predicted molar refractivity (Wildman–Crippen MR) is 217 cm³/mol. The van der Waals surface area contributed by atoms with Gasteiger partial charge in [0.1, 0.15) is 41.6 Å². The fourth-order valence-corrected chi connectivity index (χ4v) is 9.69. The maximum absolute atomic E-state index is 17.4. The number of pyridine rings is 1. The molecule has 12 heteroatoms. The molecule has 0 radical (unpaired) electrons. The molecule has 3 aromatic carbocycles. The number of piperazine rings is 1. The summed E-state index contributed by atoms with van der Waals surface area (Å²) in [5, 5.41) is 2.26. The lowest BCUT2D eigenvalue weighted by Gasteiger charge is -2.42. The predicted octanol–water partition coefficient (Wildman–Crippen LogP) is 8.17. The minimum absolute atomic E-state index is 0.0720. The van der Waals surface area contributed by atoms with E-state index in [4.69, 9.17) is 33.9 Å². The van der Waals surface area contributed by atoms with Crippen molar-refractivity contribution in [2.24, 2.45) is 0 Å². The van der Waals surface area contributed by atoms with Crippen LogP contribution < -0.4 is 14.4 Å². The summed E-state index contributed by atoms with van der Waals surface area (Å²) in [5.41, 5.74) is 1.23. The molecule has 9 rings (SSSR count). The first-order chi connectivity index (χ1) is 27.6. The van der Waals surface area contributed by atoms with E-state index >= 15 is 4.39 Å². The third kappa shape index (κ3) is 7.22. The van der Waals surface area contributed by atoms with Gasteiger partial charge in [0, 0.05) is 38.0 Å². The maximum atomic E-state index is 17.4. The second-order valence-corrected chi connectivity index (χ2v) is 17.1. The monoisotopic (exact) mass is 774 g/mol. The molecule has 2 bridgehead atoms. The topological polar surface area (TPSA) is 102 Å². The molecule has 0 spiro atoms. The van der Waals surface area contributed by atoms with Gasteiger partial charge in [-0.2, -0.15) is 9.97 Å². The fraction of sp³-hybridized carbons (Fsp3) is 0.467. The molecule has 2 aromatic heterocycles. The van der Waals surface area contributed by atoms with Gasteiger partial charge < -0.3 is 23.8 Å². The van der Waals surface area contributed by atoms with Crippen LogP contribution in [0.25, 0.3) is 32.9 Å². The van der Waals surface area contributed by atoms with E-state index in [-0.39, 0.29) is 40.9 Å². The Bertz CT molecular complexity index is 2270. The quantitative estimate of drug-likeness (QED) is 0.138. The van der Waals surface area contributed by atoms with Crippen molar-refractivity contribution in [2.45, 2.75) is 95.2 Å². The van der Waals surface area contributed by atoms with Crippen molar-refractivity contribution in [1.82, 2.24) is 24.8 Å². The molecule has 4 aliphatic rings. The molecule has 2 unspecified atom stereocenters. The lowest BCUT2D eigenvalue weighted by Crippen LogP contribution is -2.57. The molecule has 4 fully saturated rings. The van der Waals surface area contributed by atoms with Crippen LogP contribution in [0.5, 0.6) is 11.8 Å². The largest absolute Gasteiger partial charge is 0.489 e. The van der Waals surface area contributed by atoms with E-state index in [9.17, 15) is 4.79 Å². The molecular formula is C45H51FN6O5. The molecule has 11 nitrogen and oxygen atoms in total. The molecule has 4 atom stereocenters. The number of methoxy groups -OCH3 is 1. The first-order valence-electron chi connectivity index (χ1n) is 20.3. The maximum Gasteiger partial charge on any atom is 0.410 e. The normalized spacial score (nSPS) is 23.4. The first-order valence-corrected chi connectivity index (χ1v) is 20.3. The zero-order valence-corrected chi connectivity index (χ0v) is 33.2. The van der Waals surface area contributed by atoms with Gasteiger partial charge in [-0.1, -0.05) is 54.6 Å². The number of benzene rings is 3. The number of carbonyl (C=O) groups excluding carboxylic acids is 1. The van der Waals surface area contributed by atoms with E-state index in [1.54, 1.807) is 13.3 Å². The van der Waals surface area contributed by atoms with E-state index < -0.39 is 11.4 Å². The van der Waals surface area contributed by atoms with Crippen LogP contribution in [-0.4, -0.2) is 100 Å². The average molecular weight is 775 g/mol. The lowest BCUT2D eigenvalue weighted by molar-refractivity contribution is 0.0122. The summed E-state index contributed by atoms with van der Waals surface area (Å²) in [4.78, 5) is 34.6. The first kappa shape index (κ1) is 37.5. The van der Waals surface area contributed by atoms with Crippen molar-refractivity contribution in [3.8, 4) is 23.0 Å². The van der Waals surface area contributed by atoms with Crippen molar-refractivity contribution in [3.05, 3.63) is 84.3 Å². The van der Waals surface area contributed by atoms with Gasteiger partial charge >= 0.3 is 12.1 Å². The third-order valence-corrected chi connectivity index (χ3v) is 12.2. The Morgan fingerprint density at radius 1 is 0.930 bits per heavy atom. The molecular weight excluding hydrogens is 724 g/mol. The third-order valence-electron chi connectivity index (χ3n) is 12.2. The molecule has 57 heavy (non-hydrogen) atoms. The van der Waals surface area contributed by atoms with Gasteiger partial charge in [0.25, 0.3) is 0 Å². The summed E-state index contributed by atoms with van der Waals surface area (Å²) in [5.74, 6) is 0.620. The number of hydrogen-bond donors (Lipinski definition) is 0. The van der Waals surface area contributed by atoms with E-state index in [0.29, 0.717) is 61.5 Å². The molecule has 0 aliphatic carbocycles. The molecule has 4 saturated heterocycles. The Kier molecular flexibility index (Phi) is 9.89. The molecule has 4 aliphatic heterocycles. The number of aromatic nitrogens is 3. The van der Waals surface area contributed by atoms with Gasteiger partial charge in [-0.25, -0.2) is 9.18 Å². The van der Waals surface area contributed by atoms with Crippen molar-refractivity contribution in [1.29, 1.82) is 0 Å². The number of carbonyl (C=O) groups is 1. The van der Waals surface area contributed by atoms with Crippen molar-refractivity contribution >= 4 is 33.6 Å². The van der Waals surface area contributed by atoms with Crippen molar-refractivity contribution < 1.29 is 28.1 Å². The number of nitrogens with zero attached hydrogens (tertiary/aromatic N) is 6. The number of rotatable bonds is 10. The van der Waals surface area contributed by atoms with Gasteiger partial charge in [0.05, 0.1) is 29.6 Å². The van der Waals surface area contributed by atoms with Crippen LogP contribution in [0.2, 0.25) is 0 Å². The highest BCUT2D eigenvalue weighted by Crippen LogP contribution is 2.44. The van der Waals surface area contributed by atoms with Gasteiger partial charge in [0.2, 0.25) is 0 Å². The highest BCUT2D eigenvalue weighted by molar-refractivity contribution is 6.00. The second kappa shape index (κ2) is 15.0. The fourth-order valence-electron chi connectivity index (χ4n) is 9.69. The zero-order valence-electron chi connectivity index (χ0n) is 33.2. The summed E-state index contributed by atoms with van der Waals surface area (Å²) in [6.07, 6.45) is 7.22. The Morgan fingerprint density at radius 2 is 1.70 bits per heavy atom. The minimum Gasteiger partial charge on any atom is -0.489 e. The van der Waals surface area contributed by atoms with Crippen molar-refractivity contribution in [2.75, 3.05) is 44.9 Å². The Labute approximate surface area is 333 Å². The SMILES string of the molecule is COC[C@H]1CC[C@@]2(COc3nc(N4CC5CCC(C4)N5C(=O)OC(C)(C)C)c4cnc(-c5cc(OCc6ccccc6)cc6ccccc56)c(F)c4n3)CCCN12. The van der Waals surface area contributed by atoms with Gasteiger partial charge in [-0.05, 0) is 94.3 Å². The molecule has 1 amide bonds. The number of halogens is 1. The highest BCUT2D eigenvalue weighted by Gasteiger charge is 2.50. The van der Waals surface area contributed by atoms with Crippen LogP contribution in [0, 0.1) is 5.82 Å². The molecule has 298 valence electrons. The van der Waals surface area contributed by atoms with Gasteiger partial charge in [-0.15, -0.1) is 0 Å². The smallest absolute Gasteiger partial charge is 0.410 e. The number of fused-ring (bicyclic) bond motifs is 5. The summed E-state index contributed by atoms with van der Waals surface area (Å²) in [6.45, 7) is 9.16. The summed E-state index contributed by atoms with van der Waals surface area (Å²) < 4.78 is 41.7. The van der Waals surface area contributed by atoms with Gasteiger partial charge in [-0.3, -0.25) is 14.8 Å². The van der Waals surface area contributed by atoms with Crippen LogP contribution in [0.1, 0.15) is 64.9 Å². The van der Waals surface area contributed by atoms with E-state index in [0.717, 1.165) is 61.4 Å². The van der Waals surface area contributed by atoms with E-state index in [1.807, 2.05) is 92.4 Å². The molecule has 0 saturated carbocycles. The number of anilines is 1. The molecule has 6 heterocycles. The van der Waals surface area contributed by atoms with Crippen LogP contribution in [-0.2, 0) is 16.1 Å². The summed E-state index contributed by atoms with van der Waals surface area (Å²) >= 11 is 0. The number of hydrogen-bond acceptors (Lipinski definition) is 10. The van der Waals surface area contributed by atoms with E-state index in [2.05, 4.69) is 9.80 Å². The summed E-state index contributed by atoms with van der Waals surface area (Å²) in [6, 6.07) is 22.0. The van der Waals surface area contributed by atoms with Crippen molar-refractivity contribution in [3.63, 3.8) is 0 Å². The standard InChI is InChI=1S/C45H51FN6O5/c1-44(2,3)57-43(53)52-31-15-16-32(52)25-50(24-31)41-37-23-47-39(36-22-34(21-30-13-8-9-14-35(30)36)55-26-29-11-6-5-7-12-29)38(46)40(37)48-42(49-41)56-28-45-18-10-20-51(45)33(17-19-45)27-54-4/h5-9,11-14,21-23,31-33H,10,15-20,24-28H2,1-4H3/t31?,32?,33-,45-/m1/s1. The number of amides is 1. The van der Waals surface area contributed by atoms with Gasteiger partial charge in [0.15, 0.2) is 5.82 Å². The van der Waals surface area contributed by atoms with Crippen LogP contribution >= 0.6 is 0 Å². The Hall–Kier alpha value is -5.07. The molecule has 5 aromatic rings. The molecule has 0 N–H and O–H groups in total. The average Bonchev–Trinajstić information content (AvgIpc) is 3.86. The number of ether oxygens (including phenoxy) is 4. The Morgan fingerprint density at radius 3 is 2.47 bits per heavy atom. The van der Waals surface area contributed by atoms with Crippen LogP contribution in [0.15, 0.2) is 72.9 Å². The second-order valence-electron chi connectivity index (χ2n) is 17.1. The van der Waals surface area contributed by atoms with Crippen LogP contribution in [0.4, 0.5) is 15.0 Å². The van der Waals surface area contributed by atoms with E-state index in [1.165, 1.54) is 0 Å². The highest BCUT2D eigenvalue weighted by atomic mass is 19.1. The van der Waals surface area contributed by atoms with Crippen LogP contribution in [0.3, 0.4) is 0 Å². The summed E-state index contributed by atoms with van der Waals surface area (Å²) in [7, 11) is 1.75. The zero-order chi connectivity index (χ0) is 39.3. The lowest BCUT2D eigenvalue weighted by atomic mass is 9.95.